The Morgan fingerprint density at radius 1 is 1.86 bits per heavy atom. The molecule has 1 heterocycles. The van der Waals surface area contributed by atoms with E-state index in [4.69, 9.17) is 4.74 Å². The lowest BCUT2D eigenvalue weighted by atomic mass is 10.0. The molecule has 0 aromatic heterocycles. The van der Waals surface area contributed by atoms with Gasteiger partial charge in [0.2, 0.25) is 0 Å². The molecular weight excluding hydrogens is 194 g/mol. The first kappa shape index (κ1) is 11.1. The van der Waals surface area contributed by atoms with E-state index in [1.54, 1.807) is 6.92 Å². The van der Waals surface area contributed by atoms with Crippen molar-refractivity contribution in [1.29, 1.82) is 0 Å². The van der Waals surface area contributed by atoms with E-state index in [0.29, 0.717) is 0 Å². The zero-order chi connectivity index (χ0) is 10.8. The van der Waals surface area contributed by atoms with Crippen LogP contribution >= 0.6 is 0 Å². The molecule has 1 fully saturated rings. The van der Waals surface area contributed by atoms with Crippen molar-refractivity contribution in [2.45, 2.75) is 38.1 Å². The molecule has 2 atom stereocenters. The van der Waals surface area contributed by atoms with Gasteiger partial charge in [0.25, 0.3) is 0 Å². The molecule has 1 aliphatic rings. The molecule has 0 amide bonds. The number of carbonyl (C=O) groups is 1. The Morgan fingerprint density at radius 2 is 2.43 bits per heavy atom. The normalized spacial score (nSPS) is 26.1. The van der Waals surface area contributed by atoms with Gasteiger partial charge in [-0.2, -0.15) is 8.78 Å². The maximum atomic E-state index is 12.2. The third-order valence-corrected chi connectivity index (χ3v) is 1.88. The average molecular weight is 206 g/mol. The molecule has 0 bridgehead atoms. The summed E-state index contributed by atoms with van der Waals surface area (Å²) in [5, 5.41) is 0. The fraction of sp³-hybridized carbons (Fsp3) is 0.667. The monoisotopic (exact) mass is 206 g/mol. The molecule has 1 saturated heterocycles. The number of ether oxygens (including phenoxy) is 2. The van der Waals surface area contributed by atoms with Crippen LogP contribution in [0, 0.1) is 0 Å². The van der Waals surface area contributed by atoms with E-state index in [2.05, 4.69) is 11.3 Å². The molecule has 14 heavy (non-hydrogen) atoms. The Hall–Kier alpha value is -0.970. The van der Waals surface area contributed by atoms with E-state index in [9.17, 15) is 13.6 Å². The summed E-state index contributed by atoms with van der Waals surface area (Å²) >= 11 is 0. The number of carbonyl (C=O) groups excluding carboxylic acids is 1. The molecule has 0 aromatic carbocycles. The zero-order valence-electron chi connectivity index (χ0n) is 7.83. The molecule has 2 unspecified atom stereocenters. The van der Waals surface area contributed by atoms with Crippen molar-refractivity contribution in [3.63, 3.8) is 0 Å². The molecule has 0 spiro atoms. The summed E-state index contributed by atoms with van der Waals surface area (Å²) in [5.41, 5.74) is 0. The molecule has 1 aliphatic heterocycles. The largest absolute Gasteiger partial charge is 0.459 e. The van der Waals surface area contributed by atoms with Crippen LogP contribution in [0.4, 0.5) is 8.78 Å². The Labute approximate surface area is 80.7 Å². The molecule has 5 heteroatoms. The van der Waals surface area contributed by atoms with E-state index in [0.717, 1.165) is 6.08 Å². The van der Waals surface area contributed by atoms with Gasteiger partial charge in [0.15, 0.2) is 0 Å². The highest BCUT2D eigenvalue weighted by Crippen LogP contribution is 2.37. The molecule has 80 valence electrons. The van der Waals surface area contributed by atoms with E-state index in [1.807, 2.05) is 0 Å². The van der Waals surface area contributed by atoms with Crippen molar-refractivity contribution in [2.24, 2.45) is 0 Å². The summed E-state index contributed by atoms with van der Waals surface area (Å²) in [6.45, 7) is 4.85. The van der Waals surface area contributed by atoms with E-state index >= 15 is 0 Å². The molecule has 3 nitrogen and oxygen atoms in total. The first-order chi connectivity index (χ1) is 6.43. The maximum absolute atomic E-state index is 12.2. The van der Waals surface area contributed by atoms with E-state index in [1.165, 1.54) is 0 Å². The lowest BCUT2D eigenvalue weighted by Crippen LogP contribution is -2.45. The van der Waals surface area contributed by atoms with Gasteiger partial charge in [-0.05, 0) is 6.92 Å². The minimum Gasteiger partial charge on any atom is -0.459 e. The first-order valence-corrected chi connectivity index (χ1v) is 4.31. The van der Waals surface area contributed by atoms with Gasteiger partial charge in [-0.3, -0.25) is 0 Å². The van der Waals surface area contributed by atoms with Crippen molar-refractivity contribution >= 4 is 5.97 Å². The van der Waals surface area contributed by atoms with Gasteiger partial charge in [0, 0.05) is 12.5 Å². The highest BCUT2D eigenvalue weighted by atomic mass is 19.3. The topological polar surface area (TPSA) is 35.5 Å². The standard InChI is InChI=1S/C9H12F2O3/c1-3-8(12)13-6(2)4-7-5-9(10,11)14-7/h3,6-7H,1,4-5H2,2H3. The van der Waals surface area contributed by atoms with Crippen LogP contribution in [0.1, 0.15) is 19.8 Å². The summed E-state index contributed by atoms with van der Waals surface area (Å²) in [6, 6.07) is 0. The Kier molecular flexibility index (Phi) is 3.21. The van der Waals surface area contributed by atoms with Gasteiger partial charge in [-0.1, -0.05) is 6.58 Å². The van der Waals surface area contributed by atoms with Crippen molar-refractivity contribution in [3.05, 3.63) is 12.7 Å². The van der Waals surface area contributed by atoms with Crippen molar-refractivity contribution < 1.29 is 23.0 Å². The van der Waals surface area contributed by atoms with Crippen molar-refractivity contribution in [3.8, 4) is 0 Å². The van der Waals surface area contributed by atoms with Gasteiger partial charge in [0.05, 0.1) is 12.5 Å². The maximum Gasteiger partial charge on any atom is 0.358 e. The highest BCUT2D eigenvalue weighted by molar-refractivity contribution is 5.81. The second-order valence-electron chi connectivity index (χ2n) is 3.27. The summed E-state index contributed by atoms with van der Waals surface area (Å²) in [6.07, 6.45) is -2.92. The summed E-state index contributed by atoms with van der Waals surface area (Å²) in [7, 11) is 0. The van der Waals surface area contributed by atoms with Gasteiger partial charge in [0.1, 0.15) is 6.10 Å². The number of hydrogen-bond donors (Lipinski definition) is 0. The van der Waals surface area contributed by atoms with Crippen LogP contribution in [0.25, 0.3) is 0 Å². The Bertz CT molecular complexity index is 232. The van der Waals surface area contributed by atoms with Gasteiger partial charge < -0.3 is 9.47 Å². The summed E-state index contributed by atoms with van der Waals surface area (Å²) in [4.78, 5) is 10.7. The van der Waals surface area contributed by atoms with E-state index < -0.39 is 24.3 Å². The fourth-order valence-corrected chi connectivity index (χ4v) is 1.30. The minimum atomic E-state index is -2.99. The Morgan fingerprint density at radius 3 is 2.86 bits per heavy atom. The molecule has 0 radical (unpaired) electrons. The van der Waals surface area contributed by atoms with Gasteiger partial charge in [-0.15, -0.1) is 0 Å². The number of halogens is 2. The summed E-state index contributed by atoms with van der Waals surface area (Å²) in [5.74, 6) is -0.552. The van der Waals surface area contributed by atoms with Gasteiger partial charge in [-0.25, -0.2) is 4.79 Å². The van der Waals surface area contributed by atoms with E-state index in [-0.39, 0.29) is 12.8 Å². The van der Waals surface area contributed by atoms with Crippen molar-refractivity contribution in [2.75, 3.05) is 0 Å². The molecule has 1 rings (SSSR count). The lowest BCUT2D eigenvalue weighted by Gasteiger charge is -2.36. The number of esters is 1. The third kappa shape index (κ3) is 3.06. The van der Waals surface area contributed by atoms with Crippen molar-refractivity contribution in [1.82, 2.24) is 0 Å². The molecular formula is C9H12F2O3. The smallest absolute Gasteiger partial charge is 0.358 e. The predicted octanol–water partition coefficient (Wildman–Crippen LogP) is 1.88. The first-order valence-electron chi connectivity index (χ1n) is 4.31. The average Bonchev–Trinajstić information content (AvgIpc) is 2.00. The molecule has 0 saturated carbocycles. The van der Waals surface area contributed by atoms with Crippen LogP contribution in [0.3, 0.4) is 0 Å². The second kappa shape index (κ2) is 4.04. The SMILES string of the molecule is C=CC(=O)OC(C)CC1CC(F)(F)O1. The van der Waals surface area contributed by atoms with Crippen LogP contribution in [0.5, 0.6) is 0 Å². The molecule has 0 N–H and O–H groups in total. The number of hydrogen-bond acceptors (Lipinski definition) is 3. The molecule has 0 aliphatic carbocycles. The Balaban J connectivity index is 2.19. The van der Waals surface area contributed by atoms with Crippen LogP contribution in [0.2, 0.25) is 0 Å². The van der Waals surface area contributed by atoms with Crippen LogP contribution in [0.15, 0.2) is 12.7 Å². The quantitative estimate of drug-likeness (QED) is 0.520. The highest BCUT2D eigenvalue weighted by Gasteiger charge is 2.47. The van der Waals surface area contributed by atoms with Crippen LogP contribution < -0.4 is 0 Å². The molecule has 0 aromatic rings. The predicted molar refractivity (Wildman–Crippen MR) is 44.8 cm³/mol. The fourth-order valence-electron chi connectivity index (χ4n) is 1.30. The number of rotatable bonds is 4. The van der Waals surface area contributed by atoms with Crippen LogP contribution in [-0.2, 0) is 14.3 Å². The second-order valence-corrected chi connectivity index (χ2v) is 3.27. The number of alkyl halides is 2. The van der Waals surface area contributed by atoms with Gasteiger partial charge >= 0.3 is 12.1 Å². The summed E-state index contributed by atoms with van der Waals surface area (Å²) < 4.78 is 33.5. The van der Waals surface area contributed by atoms with Crippen LogP contribution in [-0.4, -0.2) is 24.3 Å². The zero-order valence-corrected chi connectivity index (χ0v) is 7.83. The minimum absolute atomic E-state index is 0.287. The third-order valence-electron chi connectivity index (χ3n) is 1.88. The lowest BCUT2D eigenvalue weighted by molar-refractivity contribution is -0.354.